The van der Waals surface area contributed by atoms with Crippen molar-refractivity contribution < 1.29 is 19.2 Å². The molecule has 0 bridgehead atoms. The molecule has 3 aromatic rings. The third-order valence-electron chi connectivity index (χ3n) is 5.58. The summed E-state index contributed by atoms with van der Waals surface area (Å²) in [6, 6.07) is 12.9. The number of aromatic nitrogens is 1. The number of rotatable bonds is 5. The van der Waals surface area contributed by atoms with Crippen LogP contribution in [-0.2, 0) is 11.8 Å². The van der Waals surface area contributed by atoms with E-state index in [-0.39, 0.29) is 23.5 Å². The molecule has 4 amide bonds. The molecule has 2 N–H and O–H groups in total. The number of nitrogens with zero attached hydrogens (tertiary/aromatic N) is 2. The predicted octanol–water partition coefficient (Wildman–Crippen LogP) is 2.65. The molecule has 2 heterocycles. The second-order valence-electron chi connectivity index (χ2n) is 8.29. The monoisotopic (exact) mass is 432 g/mol. The fourth-order valence-electron chi connectivity index (χ4n) is 4.06. The second kappa shape index (κ2) is 8.30. The fourth-order valence-corrected chi connectivity index (χ4v) is 4.06. The van der Waals surface area contributed by atoms with E-state index in [1.165, 1.54) is 0 Å². The van der Waals surface area contributed by atoms with Crippen LogP contribution in [0.5, 0.6) is 0 Å². The number of hydrogen-bond donors (Lipinski definition) is 2. The number of fused-ring (bicyclic) bond motifs is 2. The minimum Gasteiger partial charge on any atom is -0.350 e. The number of para-hydroxylation sites is 1. The van der Waals surface area contributed by atoms with Gasteiger partial charge in [0.25, 0.3) is 23.6 Å². The summed E-state index contributed by atoms with van der Waals surface area (Å²) in [7, 11) is 1.83. The first-order valence-electron chi connectivity index (χ1n) is 10.4. The summed E-state index contributed by atoms with van der Waals surface area (Å²) in [5.74, 6) is -2.09. The van der Waals surface area contributed by atoms with Crippen LogP contribution in [-0.4, -0.2) is 39.1 Å². The highest BCUT2D eigenvalue weighted by molar-refractivity contribution is 6.23. The van der Waals surface area contributed by atoms with E-state index in [1.807, 2.05) is 49.7 Å². The van der Waals surface area contributed by atoms with Crippen LogP contribution in [0.2, 0.25) is 0 Å². The van der Waals surface area contributed by atoms with Gasteiger partial charge in [-0.25, -0.2) is 0 Å². The van der Waals surface area contributed by atoms with Crippen molar-refractivity contribution in [2.75, 3.05) is 0 Å². The molecule has 0 radical (unpaired) electrons. The van der Waals surface area contributed by atoms with E-state index in [0.717, 1.165) is 15.8 Å². The van der Waals surface area contributed by atoms with Crippen molar-refractivity contribution in [2.45, 2.75) is 26.3 Å². The lowest BCUT2D eigenvalue weighted by Crippen LogP contribution is -2.54. The number of hydrazine groups is 1. The zero-order valence-electron chi connectivity index (χ0n) is 18.1. The standard InChI is InChI=1S/C24H24N4O4/c1-14(2)12-20(28-23(31)16-9-4-5-10-17(16)24(28)32)22(30)26-25-21(29)18-13-27(3)19-11-7-6-8-15(18)19/h4-11,13-14,20H,12H2,1-3H3,(H,25,29)(H,26,30). The zero-order chi connectivity index (χ0) is 23.0. The molecule has 164 valence electrons. The Morgan fingerprint density at radius 2 is 1.50 bits per heavy atom. The highest BCUT2D eigenvalue weighted by Gasteiger charge is 2.42. The Morgan fingerprint density at radius 3 is 2.12 bits per heavy atom. The third kappa shape index (κ3) is 3.64. The molecule has 1 aliphatic rings. The molecule has 0 saturated heterocycles. The largest absolute Gasteiger partial charge is 0.350 e. The van der Waals surface area contributed by atoms with Crippen molar-refractivity contribution in [3.63, 3.8) is 0 Å². The average molecular weight is 432 g/mol. The highest BCUT2D eigenvalue weighted by Crippen LogP contribution is 2.27. The topological polar surface area (TPSA) is 101 Å². The van der Waals surface area contributed by atoms with E-state index in [0.29, 0.717) is 5.56 Å². The Morgan fingerprint density at radius 1 is 0.906 bits per heavy atom. The molecule has 1 aromatic heterocycles. The van der Waals surface area contributed by atoms with Gasteiger partial charge in [0.2, 0.25) is 0 Å². The Hall–Kier alpha value is -3.94. The smallest absolute Gasteiger partial charge is 0.271 e. The van der Waals surface area contributed by atoms with E-state index in [4.69, 9.17) is 0 Å². The minimum absolute atomic E-state index is 0.0313. The zero-order valence-corrected chi connectivity index (χ0v) is 18.1. The van der Waals surface area contributed by atoms with Crippen molar-refractivity contribution >= 4 is 34.5 Å². The molecule has 0 spiro atoms. The van der Waals surface area contributed by atoms with Crippen LogP contribution in [0.3, 0.4) is 0 Å². The summed E-state index contributed by atoms with van der Waals surface area (Å²) >= 11 is 0. The number of hydrogen-bond acceptors (Lipinski definition) is 4. The Labute approximate surface area is 185 Å². The van der Waals surface area contributed by atoms with Crippen molar-refractivity contribution in [1.29, 1.82) is 0 Å². The minimum atomic E-state index is -1.05. The molecule has 1 atom stereocenters. The summed E-state index contributed by atoms with van der Waals surface area (Å²) < 4.78 is 1.83. The number of carbonyl (C=O) groups is 4. The molecule has 0 saturated carbocycles. The molecule has 0 aliphatic carbocycles. The fraction of sp³-hybridized carbons (Fsp3) is 0.250. The lowest BCUT2D eigenvalue weighted by molar-refractivity contribution is -0.126. The predicted molar refractivity (Wildman–Crippen MR) is 119 cm³/mol. The Balaban J connectivity index is 1.54. The number of nitrogens with one attached hydrogen (secondary N) is 2. The van der Waals surface area contributed by atoms with Gasteiger partial charge in [0.15, 0.2) is 0 Å². The van der Waals surface area contributed by atoms with E-state index in [9.17, 15) is 19.2 Å². The summed E-state index contributed by atoms with van der Waals surface area (Å²) in [5.41, 5.74) is 6.68. The van der Waals surface area contributed by atoms with Crippen molar-refractivity contribution in [3.8, 4) is 0 Å². The SMILES string of the molecule is CC(C)CC(C(=O)NNC(=O)c1cn(C)c2ccccc12)N1C(=O)c2ccccc2C1=O. The van der Waals surface area contributed by atoms with Crippen LogP contribution in [0, 0.1) is 5.92 Å². The van der Waals surface area contributed by atoms with Gasteiger partial charge < -0.3 is 4.57 Å². The number of carbonyl (C=O) groups excluding carboxylic acids is 4. The summed E-state index contributed by atoms with van der Waals surface area (Å²) in [6.45, 7) is 3.79. The van der Waals surface area contributed by atoms with Crippen molar-refractivity contribution in [1.82, 2.24) is 20.3 Å². The van der Waals surface area contributed by atoms with Crippen LogP contribution >= 0.6 is 0 Å². The van der Waals surface area contributed by atoms with Crippen LogP contribution in [0.4, 0.5) is 0 Å². The van der Waals surface area contributed by atoms with Crippen LogP contribution < -0.4 is 10.9 Å². The van der Waals surface area contributed by atoms with Gasteiger partial charge in [-0.2, -0.15) is 0 Å². The summed E-state index contributed by atoms with van der Waals surface area (Å²) in [4.78, 5) is 52.5. The first kappa shape index (κ1) is 21.3. The number of aryl methyl sites for hydroxylation is 1. The number of amides is 4. The molecule has 4 rings (SSSR count). The molecule has 32 heavy (non-hydrogen) atoms. The molecule has 8 nitrogen and oxygen atoms in total. The van der Waals surface area contributed by atoms with Gasteiger partial charge in [-0.05, 0) is 30.5 Å². The Bertz CT molecular complexity index is 1210. The van der Waals surface area contributed by atoms with Gasteiger partial charge in [0, 0.05) is 24.1 Å². The van der Waals surface area contributed by atoms with E-state index >= 15 is 0 Å². The average Bonchev–Trinajstić information content (AvgIpc) is 3.25. The van der Waals surface area contributed by atoms with Gasteiger partial charge in [-0.3, -0.25) is 34.9 Å². The molecule has 0 fully saturated rings. The van der Waals surface area contributed by atoms with Crippen LogP contribution in [0.1, 0.15) is 51.3 Å². The number of benzene rings is 2. The van der Waals surface area contributed by atoms with Crippen molar-refractivity contribution in [2.24, 2.45) is 13.0 Å². The third-order valence-corrected chi connectivity index (χ3v) is 5.58. The molecule has 1 aliphatic heterocycles. The molecule has 8 heteroatoms. The maximum absolute atomic E-state index is 13.0. The lowest BCUT2D eigenvalue weighted by atomic mass is 10.0. The second-order valence-corrected chi connectivity index (χ2v) is 8.29. The maximum Gasteiger partial charge on any atom is 0.271 e. The summed E-state index contributed by atoms with van der Waals surface area (Å²) in [6.07, 6.45) is 1.95. The normalized spacial score (nSPS) is 14.1. The van der Waals surface area contributed by atoms with E-state index in [2.05, 4.69) is 10.9 Å². The summed E-state index contributed by atoms with van der Waals surface area (Å²) in [5, 5.41) is 0.751. The van der Waals surface area contributed by atoms with Gasteiger partial charge in [0.05, 0.1) is 16.7 Å². The number of imide groups is 1. The maximum atomic E-state index is 13.0. The van der Waals surface area contributed by atoms with Crippen LogP contribution in [0.25, 0.3) is 10.9 Å². The van der Waals surface area contributed by atoms with Crippen LogP contribution in [0.15, 0.2) is 54.7 Å². The first-order chi connectivity index (χ1) is 15.3. The van der Waals surface area contributed by atoms with E-state index < -0.39 is 29.7 Å². The molecular formula is C24H24N4O4. The highest BCUT2D eigenvalue weighted by atomic mass is 16.2. The van der Waals surface area contributed by atoms with E-state index in [1.54, 1.807) is 30.5 Å². The van der Waals surface area contributed by atoms with Gasteiger partial charge in [-0.1, -0.05) is 44.2 Å². The Kier molecular flexibility index (Phi) is 5.52. The molecule has 1 unspecified atom stereocenters. The van der Waals surface area contributed by atoms with Gasteiger partial charge in [0.1, 0.15) is 6.04 Å². The molecular weight excluding hydrogens is 408 g/mol. The quantitative estimate of drug-likeness (QED) is 0.478. The van der Waals surface area contributed by atoms with Gasteiger partial charge in [-0.15, -0.1) is 0 Å². The first-order valence-corrected chi connectivity index (χ1v) is 10.4. The van der Waals surface area contributed by atoms with Crippen molar-refractivity contribution in [3.05, 3.63) is 71.4 Å². The molecule has 2 aromatic carbocycles. The lowest BCUT2D eigenvalue weighted by Gasteiger charge is -2.26. The van der Waals surface area contributed by atoms with Gasteiger partial charge >= 0.3 is 0 Å².